The molecule has 0 saturated heterocycles. The second kappa shape index (κ2) is 14.3. The third-order valence-electron chi connectivity index (χ3n) is 12.0. The lowest BCUT2D eigenvalue weighted by Gasteiger charge is -2.19. The highest BCUT2D eigenvalue weighted by Crippen LogP contribution is 2.45. The van der Waals surface area contributed by atoms with Gasteiger partial charge in [-0.05, 0) is 77.8 Å². The average Bonchev–Trinajstić information content (AvgIpc) is 3.72. The van der Waals surface area contributed by atoms with Crippen LogP contribution in [0.2, 0.25) is 0 Å². The summed E-state index contributed by atoms with van der Waals surface area (Å²) in [6.07, 6.45) is 0. The van der Waals surface area contributed by atoms with E-state index in [1.54, 1.807) is 0 Å². The molecule has 10 aromatic carbocycles. The Bertz CT molecular complexity index is 3570. The number of para-hydroxylation sites is 2. The van der Waals surface area contributed by atoms with E-state index < -0.39 is 0 Å². The summed E-state index contributed by atoms with van der Waals surface area (Å²) in [5, 5.41) is 9.43. The molecule has 0 amide bonds. The van der Waals surface area contributed by atoms with E-state index >= 15 is 0 Å². The predicted molar refractivity (Wildman–Crippen MR) is 252 cm³/mol. The molecule has 4 heteroatoms. The zero-order valence-corrected chi connectivity index (χ0v) is 33.0. The summed E-state index contributed by atoms with van der Waals surface area (Å²) in [6.45, 7) is 0. The molecular formula is C57H35N3O. The van der Waals surface area contributed by atoms with Crippen molar-refractivity contribution in [3.63, 3.8) is 0 Å². The Labute approximate surface area is 352 Å². The van der Waals surface area contributed by atoms with Crippen molar-refractivity contribution >= 4 is 54.3 Å². The van der Waals surface area contributed by atoms with Crippen LogP contribution in [0.3, 0.4) is 0 Å². The quantitative estimate of drug-likeness (QED) is 0.158. The number of nitrogens with zero attached hydrogens (tertiary/aromatic N) is 3. The molecule has 2 aromatic heterocycles. The molecule has 12 aromatic rings. The van der Waals surface area contributed by atoms with Crippen molar-refractivity contribution in [2.24, 2.45) is 0 Å². The Balaban J connectivity index is 1.02. The number of furan rings is 1. The van der Waals surface area contributed by atoms with Gasteiger partial charge in [0.2, 0.25) is 0 Å². The topological polar surface area (TPSA) is 51.8 Å². The number of aromatic nitrogens is 3. The normalized spacial score (nSPS) is 11.6. The van der Waals surface area contributed by atoms with Gasteiger partial charge in [0.1, 0.15) is 11.2 Å². The molecular weight excluding hydrogens is 743 g/mol. The lowest BCUT2D eigenvalue weighted by Crippen LogP contribution is -2.00. The van der Waals surface area contributed by atoms with Gasteiger partial charge in [-0.3, -0.25) is 0 Å². The molecule has 0 aliphatic heterocycles. The first kappa shape index (κ1) is 34.8. The monoisotopic (exact) mass is 777 g/mol. The number of hydrogen-bond donors (Lipinski definition) is 0. The van der Waals surface area contributed by atoms with Crippen molar-refractivity contribution in [3.8, 4) is 67.5 Å². The molecule has 0 spiro atoms. The van der Waals surface area contributed by atoms with Gasteiger partial charge in [0.05, 0.1) is 5.56 Å². The van der Waals surface area contributed by atoms with E-state index in [0.717, 1.165) is 55.3 Å². The van der Waals surface area contributed by atoms with Crippen LogP contribution in [0.15, 0.2) is 217 Å². The molecule has 0 aliphatic carbocycles. The third kappa shape index (κ3) is 5.88. The molecule has 0 saturated carbocycles. The zero-order chi connectivity index (χ0) is 40.3. The number of rotatable bonds is 6. The minimum atomic E-state index is 0.557. The van der Waals surface area contributed by atoms with Crippen molar-refractivity contribution in [2.75, 3.05) is 0 Å². The van der Waals surface area contributed by atoms with Crippen LogP contribution in [0, 0.1) is 0 Å². The summed E-state index contributed by atoms with van der Waals surface area (Å²) < 4.78 is 6.49. The van der Waals surface area contributed by atoms with Gasteiger partial charge in [0, 0.05) is 21.9 Å². The van der Waals surface area contributed by atoms with Crippen LogP contribution < -0.4 is 0 Å². The highest BCUT2D eigenvalue weighted by Gasteiger charge is 2.20. The van der Waals surface area contributed by atoms with Gasteiger partial charge in [-0.1, -0.05) is 200 Å². The maximum atomic E-state index is 6.49. The second-order valence-electron chi connectivity index (χ2n) is 15.5. The van der Waals surface area contributed by atoms with Gasteiger partial charge in [0.25, 0.3) is 0 Å². The van der Waals surface area contributed by atoms with Crippen molar-refractivity contribution in [1.29, 1.82) is 0 Å². The number of hydrogen-bond acceptors (Lipinski definition) is 4. The van der Waals surface area contributed by atoms with E-state index in [9.17, 15) is 0 Å². The van der Waals surface area contributed by atoms with Gasteiger partial charge in [-0.25, -0.2) is 15.0 Å². The number of benzene rings is 10. The van der Waals surface area contributed by atoms with Gasteiger partial charge in [-0.2, -0.15) is 0 Å². The van der Waals surface area contributed by atoms with Gasteiger partial charge in [-0.15, -0.1) is 0 Å². The molecule has 0 radical (unpaired) electrons. The molecule has 284 valence electrons. The lowest BCUT2D eigenvalue weighted by molar-refractivity contribution is 0.669. The minimum absolute atomic E-state index is 0.557. The molecule has 0 atom stereocenters. The third-order valence-corrected chi connectivity index (χ3v) is 12.0. The molecule has 4 nitrogen and oxygen atoms in total. The van der Waals surface area contributed by atoms with Crippen LogP contribution in [0.4, 0.5) is 0 Å². The fourth-order valence-electron chi connectivity index (χ4n) is 9.08. The van der Waals surface area contributed by atoms with E-state index in [0.29, 0.717) is 17.5 Å². The summed E-state index contributed by atoms with van der Waals surface area (Å²) in [5.41, 5.74) is 11.3. The Hall–Kier alpha value is -8.21. The molecule has 0 N–H and O–H groups in total. The summed E-state index contributed by atoms with van der Waals surface area (Å²) in [4.78, 5) is 15.4. The summed E-state index contributed by atoms with van der Waals surface area (Å²) in [6, 6.07) is 74.7. The van der Waals surface area contributed by atoms with Gasteiger partial charge in [0.15, 0.2) is 17.5 Å². The van der Waals surface area contributed by atoms with Crippen LogP contribution in [0.5, 0.6) is 0 Å². The average molecular weight is 778 g/mol. The van der Waals surface area contributed by atoms with Crippen molar-refractivity contribution in [3.05, 3.63) is 212 Å². The maximum absolute atomic E-state index is 6.49. The van der Waals surface area contributed by atoms with Crippen molar-refractivity contribution in [1.82, 2.24) is 15.0 Å². The first-order chi connectivity index (χ1) is 30.2. The predicted octanol–water partition coefficient (Wildman–Crippen LogP) is 15.2. The molecule has 12 rings (SSSR count). The Morgan fingerprint density at radius 3 is 1.38 bits per heavy atom. The van der Waals surface area contributed by atoms with Crippen LogP contribution in [-0.4, -0.2) is 15.0 Å². The van der Waals surface area contributed by atoms with Crippen molar-refractivity contribution in [2.45, 2.75) is 0 Å². The Kier molecular flexibility index (Phi) is 8.13. The Morgan fingerprint density at radius 2 is 0.705 bits per heavy atom. The summed E-state index contributed by atoms with van der Waals surface area (Å²) in [5.74, 6) is 1.74. The second-order valence-corrected chi connectivity index (χ2v) is 15.5. The smallest absolute Gasteiger partial charge is 0.167 e. The first-order valence-corrected chi connectivity index (χ1v) is 20.6. The first-order valence-electron chi connectivity index (χ1n) is 20.6. The van der Waals surface area contributed by atoms with Gasteiger partial charge < -0.3 is 4.42 Å². The molecule has 0 aliphatic rings. The van der Waals surface area contributed by atoms with Crippen LogP contribution in [0.25, 0.3) is 122 Å². The van der Waals surface area contributed by atoms with Crippen LogP contribution in [0.1, 0.15) is 0 Å². The lowest BCUT2D eigenvalue weighted by atomic mass is 9.84. The summed E-state index contributed by atoms with van der Waals surface area (Å²) >= 11 is 0. The fraction of sp³-hybridized carbons (Fsp3) is 0. The molecule has 61 heavy (non-hydrogen) atoms. The fourth-order valence-corrected chi connectivity index (χ4v) is 9.08. The maximum Gasteiger partial charge on any atom is 0.167 e. The minimum Gasteiger partial charge on any atom is -0.455 e. The van der Waals surface area contributed by atoms with E-state index in [1.165, 1.54) is 49.0 Å². The van der Waals surface area contributed by atoms with E-state index in [1.807, 2.05) is 36.4 Å². The van der Waals surface area contributed by atoms with Crippen LogP contribution >= 0.6 is 0 Å². The van der Waals surface area contributed by atoms with Crippen LogP contribution in [-0.2, 0) is 0 Å². The number of fused-ring (bicyclic) bond motifs is 6. The molecule has 0 fully saturated rings. The Morgan fingerprint density at radius 1 is 0.262 bits per heavy atom. The highest BCUT2D eigenvalue weighted by atomic mass is 16.3. The molecule has 0 bridgehead atoms. The SMILES string of the molecule is c1ccc(-c2ccc(-c3nc(-c4ccc(-c5c6ccccc6c(-c6cccc7ccccc67)c6ccccc56)cc4)nc(-c4cccc5c4oc4ccccc45)n3)cc2)cc1. The standard InChI is InChI=1S/C57H35N3O/c1-2-14-36(15-3-1)37-28-32-40(33-29-37)55-58-56(60-57(59-55)50-26-13-25-49-43-19-10-11-27-51(43)61-54(49)50)41-34-30-39(31-35-41)52-45-20-6-8-22-47(45)53(48-23-9-7-21-46(48)52)44-24-12-17-38-16-4-5-18-42(38)44/h1-35H. The molecule has 0 unspecified atom stereocenters. The van der Waals surface area contributed by atoms with Gasteiger partial charge >= 0.3 is 0 Å². The van der Waals surface area contributed by atoms with E-state index in [4.69, 9.17) is 19.4 Å². The summed E-state index contributed by atoms with van der Waals surface area (Å²) in [7, 11) is 0. The zero-order valence-electron chi connectivity index (χ0n) is 33.0. The highest BCUT2D eigenvalue weighted by molar-refractivity contribution is 6.23. The van der Waals surface area contributed by atoms with E-state index in [-0.39, 0.29) is 0 Å². The van der Waals surface area contributed by atoms with E-state index in [2.05, 4.69) is 176 Å². The molecule has 2 heterocycles. The van der Waals surface area contributed by atoms with Crippen molar-refractivity contribution < 1.29 is 4.42 Å². The largest absolute Gasteiger partial charge is 0.455 e.